The molecular weight excluding hydrogens is 266 g/mol. The van der Waals surface area contributed by atoms with E-state index in [0.29, 0.717) is 0 Å². The van der Waals surface area contributed by atoms with Gasteiger partial charge in [0.25, 0.3) is 0 Å². The van der Waals surface area contributed by atoms with Gasteiger partial charge in [0.1, 0.15) is 5.75 Å². The first kappa shape index (κ1) is 15.4. The third-order valence-corrected chi connectivity index (χ3v) is 3.77. The molecule has 2 N–H and O–H groups in total. The number of urea groups is 1. The van der Waals surface area contributed by atoms with Crippen molar-refractivity contribution in [2.45, 2.75) is 45.1 Å². The van der Waals surface area contributed by atoms with Crippen molar-refractivity contribution < 1.29 is 9.53 Å². The lowest BCUT2D eigenvalue weighted by Gasteiger charge is -2.22. The Morgan fingerprint density at radius 3 is 2.48 bits per heavy atom. The predicted octanol–water partition coefficient (Wildman–Crippen LogP) is 3.05. The maximum atomic E-state index is 11.8. The minimum absolute atomic E-state index is 0.227. The van der Waals surface area contributed by atoms with Gasteiger partial charge >= 0.3 is 6.03 Å². The Morgan fingerprint density at radius 1 is 1.19 bits per heavy atom. The molecular formula is C16H23N3O2. The maximum Gasteiger partial charge on any atom is 0.335 e. The molecule has 5 nitrogen and oxygen atoms in total. The van der Waals surface area contributed by atoms with Crippen molar-refractivity contribution in [3.05, 3.63) is 29.8 Å². The third kappa shape index (κ3) is 4.77. The number of amides is 2. The predicted molar refractivity (Wildman–Crippen MR) is 83.7 cm³/mol. The molecule has 1 aliphatic carbocycles. The van der Waals surface area contributed by atoms with E-state index in [0.717, 1.165) is 29.9 Å². The van der Waals surface area contributed by atoms with Crippen molar-refractivity contribution in [2.24, 2.45) is 5.10 Å². The number of hydrogen-bond donors (Lipinski definition) is 2. The molecule has 0 unspecified atom stereocenters. The van der Waals surface area contributed by atoms with Crippen molar-refractivity contribution >= 4 is 11.7 Å². The number of methoxy groups -OCH3 is 1. The number of benzene rings is 1. The Morgan fingerprint density at radius 2 is 1.86 bits per heavy atom. The summed E-state index contributed by atoms with van der Waals surface area (Å²) >= 11 is 0. The molecule has 1 aromatic carbocycles. The van der Waals surface area contributed by atoms with E-state index in [4.69, 9.17) is 4.74 Å². The molecule has 1 aliphatic rings. The highest BCUT2D eigenvalue weighted by atomic mass is 16.5. The number of nitrogens with one attached hydrogen (secondary N) is 2. The van der Waals surface area contributed by atoms with Gasteiger partial charge in [-0.15, -0.1) is 0 Å². The van der Waals surface area contributed by atoms with E-state index >= 15 is 0 Å². The van der Waals surface area contributed by atoms with Crippen molar-refractivity contribution in [2.75, 3.05) is 7.11 Å². The molecule has 0 aliphatic heterocycles. The highest BCUT2D eigenvalue weighted by Gasteiger charge is 2.15. The van der Waals surface area contributed by atoms with Crippen LogP contribution in [0.1, 0.15) is 44.6 Å². The molecule has 0 aromatic heterocycles. The topological polar surface area (TPSA) is 62.7 Å². The quantitative estimate of drug-likeness (QED) is 0.661. The fraction of sp³-hybridized carbons (Fsp3) is 0.500. The Balaban J connectivity index is 1.85. The average Bonchev–Trinajstić information content (AvgIpc) is 2.53. The lowest BCUT2D eigenvalue weighted by atomic mass is 9.96. The second kappa shape index (κ2) is 7.67. The first-order valence-corrected chi connectivity index (χ1v) is 7.44. The summed E-state index contributed by atoms with van der Waals surface area (Å²) in [5.74, 6) is 0.801. The van der Waals surface area contributed by atoms with Crippen LogP contribution >= 0.6 is 0 Å². The lowest BCUT2D eigenvalue weighted by molar-refractivity contribution is 0.233. The molecule has 1 saturated carbocycles. The molecule has 2 rings (SSSR count). The molecule has 2 amide bonds. The van der Waals surface area contributed by atoms with Gasteiger partial charge in [0.05, 0.1) is 12.8 Å². The van der Waals surface area contributed by atoms with Crippen LogP contribution in [0.25, 0.3) is 0 Å². The minimum atomic E-state index is -0.227. The molecule has 21 heavy (non-hydrogen) atoms. The van der Waals surface area contributed by atoms with Gasteiger partial charge in [-0.2, -0.15) is 5.10 Å². The monoisotopic (exact) mass is 289 g/mol. The van der Waals surface area contributed by atoms with Gasteiger partial charge in [-0.05, 0) is 49.6 Å². The SMILES string of the molecule is COc1ccc(C(C)=NNC(=O)NC2CCCCC2)cc1. The van der Waals surface area contributed by atoms with E-state index in [1.165, 1.54) is 19.3 Å². The van der Waals surface area contributed by atoms with Crippen molar-refractivity contribution in [3.63, 3.8) is 0 Å². The van der Waals surface area contributed by atoms with E-state index in [-0.39, 0.29) is 12.1 Å². The largest absolute Gasteiger partial charge is 0.497 e. The molecule has 1 fully saturated rings. The summed E-state index contributed by atoms with van der Waals surface area (Å²) in [6, 6.07) is 7.63. The van der Waals surface area contributed by atoms with Gasteiger partial charge in [-0.1, -0.05) is 19.3 Å². The highest BCUT2D eigenvalue weighted by molar-refractivity contribution is 5.99. The third-order valence-electron chi connectivity index (χ3n) is 3.77. The first-order valence-electron chi connectivity index (χ1n) is 7.44. The molecule has 0 spiro atoms. The van der Waals surface area contributed by atoms with Gasteiger partial charge in [0.15, 0.2) is 0 Å². The summed E-state index contributed by atoms with van der Waals surface area (Å²) in [5, 5.41) is 7.10. The van der Waals surface area contributed by atoms with E-state index in [1.54, 1.807) is 7.11 Å². The van der Waals surface area contributed by atoms with Crippen LogP contribution in [0.15, 0.2) is 29.4 Å². The van der Waals surface area contributed by atoms with Crippen LogP contribution in [0.3, 0.4) is 0 Å². The van der Waals surface area contributed by atoms with E-state index in [9.17, 15) is 4.79 Å². The number of nitrogens with zero attached hydrogens (tertiary/aromatic N) is 1. The summed E-state index contributed by atoms with van der Waals surface area (Å²) in [6.07, 6.45) is 5.79. The fourth-order valence-electron chi connectivity index (χ4n) is 2.50. The minimum Gasteiger partial charge on any atom is -0.497 e. The normalized spacial score (nSPS) is 16.4. The molecule has 0 saturated heterocycles. The molecule has 0 atom stereocenters. The smallest absolute Gasteiger partial charge is 0.335 e. The number of carbonyl (C=O) groups is 1. The number of rotatable bonds is 4. The van der Waals surface area contributed by atoms with E-state index in [1.807, 2.05) is 31.2 Å². The van der Waals surface area contributed by atoms with Gasteiger partial charge in [-0.3, -0.25) is 0 Å². The summed E-state index contributed by atoms with van der Waals surface area (Å²) in [4.78, 5) is 11.8. The van der Waals surface area contributed by atoms with Crippen LogP contribution in [-0.2, 0) is 0 Å². The molecule has 114 valence electrons. The zero-order valence-corrected chi connectivity index (χ0v) is 12.7. The fourth-order valence-corrected chi connectivity index (χ4v) is 2.50. The zero-order chi connectivity index (χ0) is 15.1. The number of carbonyl (C=O) groups excluding carboxylic acids is 1. The standard InChI is InChI=1S/C16H23N3O2/c1-12(13-8-10-15(21-2)11-9-13)18-19-16(20)17-14-6-4-3-5-7-14/h8-11,14H,3-7H2,1-2H3,(H2,17,19,20). The van der Waals surface area contributed by atoms with Gasteiger partial charge in [-0.25, -0.2) is 10.2 Å². The van der Waals surface area contributed by atoms with Gasteiger partial charge in [0.2, 0.25) is 0 Å². The average molecular weight is 289 g/mol. The van der Waals surface area contributed by atoms with Crippen LogP contribution in [0.2, 0.25) is 0 Å². The van der Waals surface area contributed by atoms with Gasteiger partial charge < -0.3 is 10.1 Å². The number of ether oxygens (including phenoxy) is 1. The lowest BCUT2D eigenvalue weighted by Crippen LogP contribution is -2.41. The van der Waals surface area contributed by atoms with Crippen molar-refractivity contribution in [3.8, 4) is 5.75 Å². The van der Waals surface area contributed by atoms with Crippen molar-refractivity contribution in [1.29, 1.82) is 0 Å². The van der Waals surface area contributed by atoms with Gasteiger partial charge in [0, 0.05) is 6.04 Å². The van der Waals surface area contributed by atoms with Crippen molar-refractivity contribution in [1.82, 2.24) is 10.7 Å². The molecule has 0 radical (unpaired) electrons. The number of hydrazone groups is 1. The van der Waals surface area contributed by atoms with E-state index in [2.05, 4.69) is 15.8 Å². The van der Waals surface area contributed by atoms with Crippen LogP contribution < -0.4 is 15.5 Å². The highest BCUT2D eigenvalue weighted by Crippen LogP contribution is 2.17. The Hall–Kier alpha value is -2.04. The van der Waals surface area contributed by atoms with Crippen LogP contribution in [0, 0.1) is 0 Å². The Bertz CT molecular complexity index is 491. The van der Waals surface area contributed by atoms with Crippen LogP contribution in [0.4, 0.5) is 4.79 Å². The molecule has 1 aromatic rings. The number of hydrogen-bond acceptors (Lipinski definition) is 3. The summed E-state index contributed by atoms with van der Waals surface area (Å²) in [6.45, 7) is 1.86. The van der Waals surface area contributed by atoms with E-state index < -0.39 is 0 Å². The molecule has 0 heterocycles. The summed E-state index contributed by atoms with van der Waals surface area (Å²) in [5.41, 5.74) is 4.28. The summed E-state index contributed by atoms with van der Waals surface area (Å²) < 4.78 is 5.11. The van der Waals surface area contributed by atoms with Crippen LogP contribution in [-0.4, -0.2) is 24.9 Å². The first-order chi connectivity index (χ1) is 10.2. The second-order valence-corrected chi connectivity index (χ2v) is 5.35. The Labute approximate surface area is 125 Å². The maximum absolute atomic E-state index is 11.8. The molecule has 0 bridgehead atoms. The van der Waals surface area contributed by atoms with Crippen LogP contribution in [0.5, 0.6) is 5.75 Å². The Kier molecular flexibility index (Phi) is 5.60. The molecule has 5 heteroatoms. The zero-order valence-electron chi connectivity index (χ0n) is 12.7. The second-order valence-electron chi connectivity index (χ2n) is 5.35. The summed E-state index contributed by atoms with van der Waals surface area (Å²) in [7, 11) is 1.63.